The molecule has 0 spiro atoms. The van der Waals surface area contributed by atoms with Crippen LogP contribution >= 0.6 is 0 Å². The number of amides is 1. The fourth-order valence-corrected chi connectivity index (χ4v) is 4.35. The molecule has 2 aromatic heterocycles. The van der Waals surface area contributed by atoms with Gasteiger partial charge >= 0.3 is 0 Å². The molecule has 190 valence electrons. The van der Waals surface area contributed by atoms with Crippen molar-refractivity contribution in [1.82, 2.24) is 19.5 Å². The van der Waals surface area contributed by atoms with E-state index in [2.05, 4.69) is 32.2 Å². The molecule has 1 atom stereocenters. The van der Waals surface area contributed by atoms with E-state index >= 15 is 0 Å². The van der Waals surface area contributed by atoms with E-state index in [1.54, 1.807) is 42.3 Å². The molecule has 0 saturated carbocycles. The van der Waals surface area contributed by atoms with Gasteiger partial charge in [0.2, 0.25) is 5.91 Å². The maximum Gasteiger partial charge on any atom is 0.247 e. The molecule has 1 fully saturated rings. The number of likely N-dealkylation sites (tertiary alicyclic amines) is 1. The maximum absolute atomic E-state index is 13.8. The Bertz CT molecular complexity index is 1470. The fraction of sp³-hybridized carbons (Fsp3) is 0.222. The van der Waals surface area contributed by atoms with Crippen molar-refractivity contribution in [2.24, 2.45) is 0 Å². The van der Waals surface area contributed by atoms with Gasteiger partial charge in [-0.2, -0.15) is 5.10 Å². The van der Waals surface area contributed by atoms with Crippen molar-refractivity contribution in [1.29, 1.82) is 0 Å². The zero-order valence-electron chi connectivity index (χ0n) is 20.6. The quantitative estimate of drug-likeness (QED) is 0.343. The second kappa shape index (κ2) is 10.3. The van der Waals surface area contributed by atoms with Crippen LogP contribution in [0.2, 0.25) is 0 Å². The number of halogens is 1. The summed E-state index contributed by atoms with van der Waals surface area (Å²) in [5.41, 5.74) is 3.27. The molecule has 5 rings (SSSR count). The molecular weight excluding hydrogens is 475 g/mol. The number of aromatic nitrogens is 3. The maximum atomic E-state index is 13.8. The largest absolute Gasteiger partial charge is 0.494 e. The summed E-state index contributed by atoms with van der Waals surface area (Å²) in [4.78, 5) is 18.8. The number of methoxy groups -OCH3 is 1. The summed E-state index contributed by atoms with van der Waals surface area (Å²) in [7, 11) is 3.60. The van der Waals surface area contributed by atoms with E-state index in [9.17, 15) is 9.18 Å². The second-order valence-corrected chi connectivity index (χ2v) is 8.83. The van der Waals surface area contributed by atoms with Gasteiger partial charge in [0.05, 0.1) is 30.2 Å². The van der Waals surface area contributed by atoms with Crippen LogP contribution < -0.4 is 20.1 Å². The Balaban J connectivity index is 1.50. The van der Waals surface area contributed by atoms with Gasteiger partial charge in [0.15, 0.2) is 0 Å². The third kappa shape index (κ3) is 5.24. The number of hydrogen-bond donors (Lipinski definition) is 2. The molecule has 1 aliphatic heterocycles. The number of hydrogen-bond acceptors (Lipinski definition) is 7. The zero-order chi connectivity index (χ0) is 25.9. The number of ether oxygens (including phenoxy) is 2. The van der Waals surface area contributed by atoms with Crippen LogP contribution in [0.3, 0.4) is 0 Å². The lowest BCUT2D eigenvalue weighted by Crippen LogP contribution is -2.22. The van der Waals surface area contributed by atoms with Crippen LogP contribution in [-0.4, -0.2) is 58.8 Å². The number of likely N-dealkylation sites (N-methyl/N-ethyl adjacent to an activating group) is 1. The van der Waals surface area contributed by atoms with Crippen molar-refractivity contribution in [3.63, 3.8) is 0 Å². The third-order valence-corrected chi connectivity index (χ3v) is 6.20. The smallest absolute Gasteiger partial charge is 0.247 e. The van der Waals surface area contributed by atoms with Crippen molar-refractivity contribution in [3.8, 4) is 22.6 Å². The van der Waals surface area contributed by atoms with Crippen molar-refractivity contribution >= 4 is 28.6 Å². The first-order valence-electron chi connectivity index (χ1n) is 11.8. The average molecular weight is 503 g/mol. The van der Waals surface area contributed by atoms with Crippen molar-refractivity contribution in [2.45, 2.75) is 12.5 Å². The first-order chi connectivity index (χ1) is 17.9. The molecule has 9 nitrogen and oxygen atoms in total. The van der Waals surface area contributed by atoms with Crippen LogP contribution in [-0.2, 0) is 4.79 Å². The van der Waals surface area contributed by atoms with Crippen LogP contribution in [0.4, 0.5) is 21.6 Å². The third-order valence-electron chi connectivity index (χ3n) is 6.20. The number of carbonyl (C=O) groups is 1. The lowest BCUT2D eigenvalue weighted by atomic mass is 10.1. The lowest BCUT2D eigenvalue weighted by Gasteiger charge is -2.20. The first kappa shape index (κ1) is 24.3. The minimum atomic E-state index is -0.358. The number of fused-ring (bicyclic) bond motifs is 1. The van der Waals surface area contributed by atoms with Crippen molar-refractivity contribution in [2.75, 3.05) is 37.9 Å². The molecular formula is C27H27FN6O3. The van der Waals surface area contributed by atoms with E-state index in [0.29, 0.717) is 34.3 Å². The Morgan fingerprint density at radius 1 is 1.22 bits per heavy atom. The standard InChI is InChI=1S/C27H27FN6O3/c1-4-27(35)32-22-11-21(24(36-3)13-25(22)37-19-8-9-33(2)15-19)31-26-12-23-20(14-30-34(23)16-29-26)17-6-5-7-18(28)10-17/h4-7,10-14,16,19,31H,1,8-9,15H2,2-3H3,(H,32,35). The van der Waals surface area contributed by atoms with Gasteiger partial charge in [-0.05, 0) is 43.3 Å². The predicted octanol–water partition coefficient (Wildman–Crippen LogP) is 4.50. The predicted molar refractivity (Wildman–Crippen MR) is 140 cm³/mol. The molecule has 0 bridgehead atoms. The first-order valence-corrected chi connectivity index (χ1v) is 11.8. The minimum Gasteiger partial charge on any atom is -0.494 e. The summed E-state index contributed by atoms with van der Waals surface area (Å²) in [6, 6.07) is 11.6. The Labute approximate surface area is 213 Å². The van der Waals surface area contributed by atoms with Crippen molar-refractivity contribution < 1.29 is 18.7 Å². The van der Waals surface area contributed by atoms with Gasteiger partial charge in [-0.25, -0.2) is 13.9 Å². The number of nitrogens with zero attached hydrogens (tertiary/aromatic N) is 4. The van der Waals surface area contributed by atoms with E-state index in [0.717, 1.165) is 30.6 Å². The van der Waals surface area contributed by atoms with E-state index in [-0.39, 0.29) is 17.8 Å². The van der Waals surface area contributed by atoms with Gasteiger partial charge in [-0.15, -0.1) is 0 Å². The number of carbonyl (C=O) groups excluding carboxylic acids is 1. The normalized spacial score (nSPS) is 15.5. The Hall–Kier alpha value is -4.44. The SMILES string of the molecule is C=CC(=O)Nc1cc(Nc2cc3c(-c4cccc(F)c4)cnn3cn2)c(OC)cc1OC1CCN(C)C1. The van der Waals surface area contributed by atoms with Gasteiger partial charge < -0.3 is 25.0 Å². The molecule has 37 heavy (non-hydrogen) atoms. The molecule has 0 aliphatic carbocycles. The summed E-state index contributed by atoms with van der Waals surface area (Å²) >= 11 is 0. The van der Waals surface area contributed by atoms with E-state index in [1.807, 2.05) is 19.2 Å². The highest BCUT2D eigenvalue weighted by Crippen LogP contribution is 2.39. The summed E-state index contributed by atoms with van der Waals surface area (Å²) in [5.74, 6) is 0.845. The Morgan fingerprint density at radius 3 is 2.81 bits per heavy atom. The number of rotatable bonds is 8. The van der Waals surface area contributed by atoms with E-state index < -0.39 is 0 Å². The lowest BCUT2D eigenvalue weighted by molar-refractivity contribution is -0.111. The summed E-state index contributed by atoms with van der Waals surface area (Å²) < 4.78 is 27.3. The molecule has 1 saturated heterocycles. The molecule has 1 unspecified atom stereocenters. The van der Waals surface area contributed by atoms with Crippen LogP contribution in [0.25, 0.3) is 16.6 Å². The topological polar surface area (TPSA) is 93.0 Å². The van der Waals surface area contributed by atoms with Gasteiger partial charge in [0.25, 0.3) is 0 Å². The van der Waals surface area contributed by atoms with Gasteiger partial charge in [0.1, 0.15) is 35.6 Å². The molecule has 10 heteroatoms. The zero-order valence-corrected chi connectivity index (χ0v) is 20.6. The van der Waals surface area contributed by atoms with Gasteiger partial charge in [-0.3, -0.25) is 4.79 Å². The molecule has 2 aromatic carbocycles. The highest BCUT2D eigenvalue weighted by atomic mass is 19.1. The summed E-state index contributed by atoms with van der Waals surface area (Å²) in [6.07, 6.45) is 5.33. The van der Waals surface area contributed by atoms with Crippen molar-refractivity contribution in [3.05, 3.63) is 73.5 Å². The second-order valence-electron chi connectivity index (χ2n) is 8.83. The average Bonchev–Trinajstić information content (AvgIpc) is 3.50. The Morgan fingerprint density at radius 2 is 2.08 bits per heavy atom. The molecule has 0 radical (unpaired) electrons. The number of anilines is 3. The fourth-order valence-electron chi connectivity index (χ4n) is 4.35. The van der Waals surface area contributed by atoms with Gasteiger partial charge in [0, 0.05) is 30.8 Å². The highest BCUT2D eigenvalue weighted by Gasteiger charge is 2.23. The molecule has 1 amide bonds. The molecule has 1 aliphatic rings. The number of nitrogens with one attached hydrogen (secondary N) is 2. The Kier molecular flexibility index (Phi) is 6.74. The molecule has 4 aromatic rings. The number of benzene rings is 2. The van der Waals surface area contributed by atoms with Crippen LogP contribution in [0, 0.1) is 5.82 Å². The molecule has 2 N–H and O–H groups in total. The van der Waals surface area contributed by atoms with Crippen LogP contribution in [0.5, 0.6) is 11.5 Å². The summed E-state index contributed by atoms with van der Waals surface area (Å²) in [5, 5.41) is 10.4. The van der Waals surface area contributed by atoms with Gasteiger partial charge in [-0.1, -0.05) is 18.7 Å². The van der Waals surface area contributed by atoms with E-state index in [4.69, 9.17) is 9.47 Å². The monoisotopic (exact) mass is 502 g/mol. The highest BCUT2D eigenvalue weighted by molar-refractivity contribution is 6.00. The van der Waals surface area contributed by atoms with Crippen LogP contribution in [0.1, 0.15) is 6.42 Å². The van der Waals surface area contributed by atoms with E-state index in [1.165, 1.54) is 18.2 Å². The summed E-state index contributed by atoms with van der Waals surface area (Å²) in [6.45, 7) is 5.28. The molecule has 3 heterocycles. The van der Waals surface area contributed by atoms with Crippen LogP contribution in [0.15, 0.2) is 67.6 Å². The minimum absolute atomic E-state index is 0.0000763.